The largest absolute Gasteiger partial charge is 0.375 e. The van der Waals surface area contributed by atoms with E-state index in [1.807, 2.05) is 6.07 Å². The van der Waals surface area contributed by atoms with Crippen molar-refractivity contribution in [2.24, 2.45) is 0 Å². The maximum Gasteiger partial charge on any atom is 0.0368 e. The Morgan fingerprint density at radius 3 is 2.20 bits per heavy atom. The van der Waals surface area contributed by atoms with Gasteiger partial charge in [-0.25, -0.2) is 8.78 Å². The van der Waals surface area contributed by atoms with E-state index in [4.69, 9.17) is 0 Å². The van der Waals surface area contributed by atoms with Gasteiger partial charge in [0.25, 0.3) is 0 Å². The summed E-state index contributed by atoms with van der Waals surface area (Å²) in [5.74, 6) is -1.37. The smallest absolute Gasteiger partial charge is 0.0368 e. The van der Waals surface area contributed by atoms with Gasteiger partial charge in [0.15, 0.2) is 0 Å². The average Bonchev–Trinajstić information content (AvgIpc) is 2.56. The number of halogens is 3. The van der Waals surface area contributed by atoms with E-state index in [2.05, 4.69) is 0 Å². The zero-order valence-corrected chi connectivity index (χ0v) is 11.5. The molecular formula is C10H7F2INTi-. The van der Waals surface area contributed by atoms with E-state index in [0.29, 0.717) is 5.69 Å². The second-order valence-electron chi connectivity index (χ2n) is 2.60. The molecule has 2 rings (SSSR count). The maximum absolute atomic E-state index is 13.1. The molecule has 0 spiro atoms. The van der Waals surface area contributed by atoms with Crippen molar-refractivity contribution in [1.82, 2.24) is 4.57 Å². The summed E-state index contributed by atoms with van der Waals surface area (Å²) in [6.07, 6.45) is 3.37. The molecule has 0 aliphatic rings. The summed E-state index contributed by atoms with van der Waals surface area (Å²) in [5, 5.41) is 0. The van der Waals surface area contributed by atoms with Crippen LogP contribution in [0.15, 0.2) is 36.7 Å². The van der Waals surface area contributed by atoms with E-state index in [1.54, 1.807) is 29.1 Å². The fourth-order valence-electron chi connectivity index (χ4n) is 1.13. The zero-order valence-electron chi connectivity index (χ0n) is 7.58. The topological polar surface area (TPSA) is 4.93 Å². The SMILES string of the molecule is Fc1[c-]c(F)c(-n2cccc2)cc1.I.[Ti]. The summed E-state index contributed by atoms with van der Waals surface area (Å²) in [4.78, 5) is 0. The molecule has 0 fully saturated rings. The molecule has 0 N–H and O–H groups in total. The van der Waals surface area contributed by atoms with Crippen LogP contribution in [-0.2, 0) is 21.7 Å². The minimum atomic E-state index is -0.687. The molecule has 0 aliphatic heterocycles. The number of aromatic nitrogens is 1. The Bertz CT molecular complexity index is 417. The maximum atomic E-state index is 13.1. The molecule has 0 unspecified atom stereocenters. The van der Waals surface area contributed by atoms with Gasteiger partial charge in [0.1, 0.15) is 0 Å². The van der Waals surface area contributed by atoms with Crippen LogP contribution in [0.5, 0.6) is 0 Å². The van der Waals surface area contributed by atoms with Gasteiger partial charge >= 0.3 is 0 Å². The molecule has 0 bridgehead atoms. The van der Waals surface area contributed by atoms with E-state index in [0.717, 1.165) is 0 Å². The molecular weight excluding hydrogens is 347 g/mol. The summed E-state index contributed by atoms with van der Waals surface area (Å²) < 4.78 is 27.1. The molecule has 15 heavy (non-hydrogen) atoms. The minimum absolute atomic E-state index is 0. The number of hydrogen-bond acceptors (Lipinski definition) is 0. The van der Waals surface area contributed by atoms with Crippen LogP contribution in [0.25, 0.3) is 5.69 Å². The van der Waals surface area contributed by atoms with Crippen LogP contribution >= 0.6 is 24.0 Å². The van der Waals surface area contributed by atoms with Gasteiger partial charge in [0.2, 0.25) is 0 Å². The molecule has 1 nitrogen and oxygen atoms in total. The number of rotatable bonds is 1. The molecule has 78 valence electrons. The molecule has 0 atom stereocenters. The number of nitrogens with zero attached hydrogens (tertiary/aromatic N) is 1. The van der Waals surface area contributed by atoms with Gasteiger partial charge in [-0.1, -0.05) is 0 Å². The van der Waals surface area contributed by atoms with E-state index >= 15 is 0 Å². The van der Waals surface area contributed by atoms with Gasteiger partial charge in [-0.15, -0.1) is 42.2 Å². The summed E-state index contributed by atoms with van der Waals surface area (Å²) in [5.41, 5.74) is 0.298. The van der Waals surface area contributed by atoms with Crippen LogP contribution in [-0.4, -0.2) is 4.57 Å². The van der Waals surface area contributed by atoms with E-state index < -0.39 is 11.6 Å². The minimum Gasteiger partial charge on any atom is -0.375 e. The number of benzene rings is 1. The van der Waals surface area contributed by atoms with E-state index in [9.17, 15) is 8.78 Å². The standard InChI is InChI=1S/C10H6F2N.HI.Ti/c11-8-3-4-10(9(12)7-8)13-5-1-2-6-13;;/h1-6H;1H;/q-1;;. The van der Waals surface area contributed by atoms with Crippen LogP contribution < -0.4 is 0 Å². The van der Waals surface area contributed by atoms with E-state index in [1.165, 1.54) is 12.1 Å². The van der Waals surface area contributed by atoms with Gasteiger partial charge in [-0.2, -0.15) is 0 Å². The molecule has 0 saturated heterocycles. The van der Waals surface area contributed by atoms with Crippen LogP contribution in [0.1, 0.15) is 0 Å². The van der Waals surface area contributed by atoms with Crippen molar-refractivity contribution in [3.05, 3.63) is 54.4 Å². The molecule has 0 amide bonds. The molecule has 0 saturated carbocycles. The van der Waals surface area contributed by atoms with Crippen LogP contribution in [0.3, 0.4) is 0 Å². The summed E-state index contributed by atoms with van der Waals surface area (Å²) in [6.45, 7) is 0. The Kier molecular flexibility index (Phi) is 6.32. The van der Waals surface area contributed by atoms with Gasteiger partial charge in [0, 0.05) is 33.4 Å². The van der Waals surface area contributed by atoms with Crippen molar-refractivity contribution < 1.29 is 30.5 Å². The van der Waals surface area contributed by atoms with Gasteiger partial charge in [-0.3, -0.25) is 0 Å². The monoisotopic (exact) mass is 354 g/mol. The van der Waals surface area contributed by atoms with Crippen molar-refractivity contribution in [1.29, 1.82) is 0 Å². The third-order valence-corrected chi connectivity index (χ3v) is 1.72. The van der Waals surface area contributed by atoms with Crippen molar-refractivity contribution in [2.75, 3.05) is 0 Å². The van der Waals surface area contributed by atoms with Gasteiger partial charge in [0.05, 0.1) is 0 Å². The number of hydrogen-bond donors (Lipinski definition) is 0. The van der Waals surface area contributed by atoms with Gasteiger partial charge in [-0.05, 0) is 30.2 Å². The average molecular weight is 354 g/mol. The second kappa shape index (κ2) is 6.40. The van der Waals surface area contributed by atoms with Crippen molar-refractivity contribution in [3.8, 4) is 5.69 Å². The zero-order chi connectivity index (χ0) is 9.26. The molecule has 1 heterocycles. The Balaban J connectivity index is 0.000000980. The molecule has 1 aromatic heterocycles. The molecule has 2 aromatic rings. The Hall–Kier alpha value is -0.196. The molecule has 1 aromatic carbocycles. The van der Waals surface area contributed by atoms with Crippen LogP contribution in [0, 0.1) is 17.7 Å². The van der Waals surface area contributed by atoms with Crippen molar-refractivity contribution in [3.63, 3.8) is 0 Å². The normalized spacial score (nSPS) is 8.93. The second-order valence-corrected chi connectivity index (χ2v) is 2.60. The fourth-order valence-corrected chi connectivity index (χ4v) is 1.13. The first kappa shape index (κ1) is 14.8. The van der Waals surface area contributed by atoms with Crippen molar-refractivity contribution in [2.45, 2.75) is 0 Å². The first-order valence-corrected chi connectivity index (χ1v) is 3.78. The fraction of sp³-hybridized carbons (Fsp3) is 0. The third kappa shape index (κ3) is 3.39. The Labute approximate surface area is 118 Å². The quantitative estimate of drug-likeness (QED) is 0.421. The first-order chi connectivity index (χ1) is 6.27. The third-order valence-electron chi connectivity index (χ3n) is 1.72. The first-order valence-electron chi connectivity index (χ1n) is 3.78. The Morgan fingerprint density at radius 2 is 1.67 bits per heavy atom. The molecule has 0 radical (unpaired) electrons. The summed E-state index contributed by atoms with van der Waals surface area (Å²) in [7, 11) is 0. The Morgan fingerprint density at radius 1 is 1.07 bits per heavy atom. The van der Waals surface area contributed by atoms with Gasteiger partial charge < -0.3 is 4.57 Å². The summed E-state index contributed by atoms with van der Waals surface area (Å²) >= 11 is 0. The predicted molar refractivity (Wildman–Crippen MR) is 59.9 cm³/mol. The van der Waals surface area contributed by atoms with Crippen molar-refractivity contribution >= 4 is 24.0 Å². The summed E-state index contributed by atoms with van der Waals surface area (Å²) in [6, 6.07) is 8.06. The molecule has 5 heteroatoms. The van der Waals surface area contributed by atoms with Crippen LogP contribution in [0.2, 0.25) is 0 Å². The molecule has 0 aliphatic carbocycles. The van der Waals surface area contributed by atoms with Crippen LogP contribution in [0.4, 0.5) is 8.78 Å². The van der Waals surface area contributed by atoms with E-state index in [-0.39, 0.29) is 45.7 Å². The predicted octanol–water partition coefficient (Wildman–Crippen LogP) is 3.17.